The maximum atomic E-state index is 13.3. The van der Waals surface area contributed by atoms with Gasteiger partial charge in [0.1, 0.15) is 5.69 Å². The molecule has 0 aliphatic carbocycles. The first-order chi connectivity index (χ1) is 7.60. The summed E-state index contributed by atoms with van der Waals surface area (Å²) >= 11 is 0. The van der Waals surface area contributed by atoms with Crippen LogP contribution in [0, 0.1) is 11.6 Å². The van der Waals surface area contributed by atoms with Crippen molar-refractivity contribution < 1.29 is 23.1 Å². The molecule has 0 fully saturated rings. The third-order valence-corrected chi connectivity index (χ3v) is 1.87. The second-order valence-corrected chi connectivity index (χ2v) is 2.83. The molecule has 0 bridgehead atoms. The van der Waals surface area contributed by atoms with Gasteiger partial charge in [0.15, 0.2) is 11.6 Å². The highest BCUT2D eigenvalue weighted by Crippen LogP contribution is 2.23. The quantitative estimate of drug-likeness (QED) is 0.448. The highest BCUT2D eigenvalue weighted by molar-refractivity contribution is 5.72. The number of carbonyl (C=O) groups excluding carboxylic acids is 2. The fourth-order valence-corrected chi connectivity index (χ4v) is 1.08. The van der Waals surface area contributed by atoms with Gasteiger partial charge in [-0.3, -0.25) is 4.79 Å². The SMILES string of the molecule is COC(=O)Cc1ccc(N=C=O)c(F)c1F. The number of nitrogens with zero attached hydrogens (tertiary/aromatic N) is 1. The molecule has 0 N–H and O–H groups in total. The zero-order chi connectivity index (χ0) is 12.1. The molecule has 0 amide bonds. The van der Waals surface area contributed by atoms with Crippen LogP contribution in [-0.2, 0) is 20.7 Å². The topological polar surface area (TPSA) is 55.7 Å². The van der Waals surface area contributed by atoms with Crippen LogP contribution in [0.3, 0.4) is 0 Å². The summed E-state index contributed by atoms with van der Waals surface area (Å²) in [5.74, 6) is -3.20. The van der Waals surface area contributed by atoms with Crippen molar-refractivity contribution >= 4 is 17.7 Å². The van der Waals surface area contributed by atoms with Gasteiger partial charge in [0.25, 0.3) is 0 Å². The van der Waals surface area contributed by atoms with Gasteiger partial charge in [-0.25, -0.2) is 13.6 Å². The van der Waals surface area contributed by atoms with Crippen LogP contribution in [0.1, 0.15) is 5.56 Å². The van der Waals surface area contributed by atoms with Crippen LogP contribution in [0.15, 0.2) is 17.1 Å². The number of hydrogen-bond donors (Lipinski definition) is 0. The molecule has 0 atom stereocenters. The molecule has 0 radical (unpaired) electrons. The molecule has 1 aromatic carbocycles. The molecule has 6 heteroatoms. The van der Waals surface area contributed by atoms with Crippen LogP contribution in [0.2, 0.25) is 0 Å². The minimum absolute atomic E-state index is 0.158. The van der Waals surface area contributed by atoms with Crippen molar-refractivity contribution in [2.45, 2.75) is 6.42 Å². The zero-order valence-corrected chi connectivity index (χ0v) is 8.29. The number of rotatable bonds is 3. The van der Waals surface area contributed by atoms with Crippen LogP contribution in [0.25, 0.3) is 0 Å². The Kier molecular flexibility index (Phi) is 3.85. The van der Waals surface area contributed by atoms with Crippen LogP contribution in [-0.4, -0.2) is 19.2 Å². The average Bonchev–Trinajstić information content (AvgIpc) is 2.28. The van der Waals surface area contributed by atoms with E-state index in [-0.39, 0.29) is 12.0 Å². The summed E-state index contributed by atoms with van der Waals surface area (Å²) in [6.45, 7) is 0. The summed E-state index contributed by atoms with van der Waals surface area (Å²) < 4.78 is 30.8. The molecular weight excluding hydrogens is 220 g/mol. The average molecular weight is 227 g/mol. The molecule has 0 saturated carbocycles. The Balaban J connectivity index is 3.11. The van der Waals surface area contributed by atoms with Crippen molar-refractivity contribution in [3.63, 3.8) is 0 Å². The van der Waals surface area contributed by atoms with Crippen LogP contribution >= 0.6 is 0 Å². The molecule has 16 heavy (non-hydrogen) atoms. The number of benzene rings is 1. The molecule has 0 saturated heterocycles. The molecule has 1 aromatic rings. The molecule has 84 valence electrons. The lowest BCUT2D eigenvalue weighted by Crippen LogP contribution is -2.07. The normalized spacial score (nSPS) is 9.44. The van der Waals surface area contributed by atoms with Gasteiger partial charge >= 0.3 is 5.97 Å². The van der Waals surface area contributed by atoms with Gasteiger partial charge in [0.05, 0.1) is 13.5 Å². The van der Waals surface area contributed by atoms with Crippen molar-refractivity contribution in [3.8, 4) is 0 Å². The smallest absolute Gasteiger partial charge is 0.310 e. The second kappa shape index (κ2) is 5.14. The van der Waals surface area contributed by atoms with Crippen molar-refractivity contribution in [2.24, 2.45) is 4.99 Å². The minimum Gasteiger partial charge on any atom is -0.469 e. The van der Waals surface area contributed by atoms with Gasteiger partial charge < -0.3 is 4.74 Å². The first kappa shape index (κ1) is 12.0. The number of esters is 1. The van der Waals surface area contributed by atoms with Gasteiger partial charge in [0, 0.05) is 5.56 Å². The van der Waals surface area contributed by atoms with E-state index in [0.717, 1.165) is 25.3 Å². The van der Waals surface area contributed by atoms with Crippen molar-refractivity contribution in [3.05, 3.63) is 29.3 Å². The molecule has 0 unspecified atom stereocenters. The Morgan fingerprint density at radius 2 is 2.12 bits per heavy atom. The van der Waals surface area contributed by atoms with Crippen molar-refractivity contribution in [1.82, 2.24) is 0 Å². The van der Waals surface area contributed by atoms with E-state index in [1.54, 1.807) is 0 Å². The number of methoxy groups -OCH3 is 1. The second-order valence-electron chi connectivity index (χ2n) is 2.83. The molecule has 0 heterocycles. The number of halogens is 2. The fraction of sp³-hybridized carbons (Fsp3) is 0.200. The Hall–Kier alpha value is -2.07. The first-order valence-corrected chi connectivity index (χ1v) is 4.21. The number of ether oxygens (including phenoxy) is 1. The first-order valence-electron chi connectivity index (χ1n) is 4.21. The highest BCUT2D eigenvalue weighted by atomic mass is 19.2. The van der Waals surface area contributed by atoms with E-state index in [1.165, 1.54) is 0 Å². The maximum absolute atomic E-state index is 13.3. The predicted molar refractivity (Wildman–Crippen MR) is 49.9 cm³/mol. The van der Waals surface area contributed by atoms with E-state index in [9.17, 15) is 18.4 Å². The molecule has 0 aromatic heterocycles. The van der Waals surface area contributed by atoms with E-state index < -0.39 is 23.3 Å². The highest BCUT2D eigenvalue weighted by Gasteiger charge is 2.15. The van der Waals surface area contributed by atoms with Crippen molar-refractivity contribution in [2.75, 3.05) is 7.11 Å². The largest absolute Gasteiger partial charge is 0.469 e. The van der Waals surface area contributed by atoms with Crippen LogP contribution in [0.5, 0.6) is 0 Å². The van der Waals surface area contributed by atoms with Gasteiger partial charge in [-0.2, -0.15) is 4.99 Å². The number of hydrogen-bond acceptors (Lipinski definition) is 4. The summed E-state index contributed by atoms with van der Waals surface area (Å²) in [5, 5.41) is 0. The standard InChI is InChI=1S/C10H7F2NO3/c1-16-8(15)4-6-2-3-7(13-5-14)10(12)9(6)11/h2-3H,4H2,1H3. The molecular formula is C10H7F2NO3. The summed E-state index contributed by atoms with van der Waals surface area (Å²) in [6.07, 6.45) is 0.716. The van der Waals surface area contributed by atoms with Gasteiger partial charge in [-0.15, -0.1) is 0 Å². The number of aliphatic imine (C=N–C) groups is 1. The Morgan fingerprint density at radius 3 is 2.69 bits per heavy atom. The fourth-order valence-electron chi connectivity index (χ4n) is 1.08. The van der Waals surface area contributed by atoms with Gasteiger partial charge in [-0.05, 0) is 6.07 Å². The number of carbonyl (C=O) groups is 1. The van der Waals surface area contributed by atoms with Gasteiger partial charge in [-0.1, -0.05) is 6.07 Å². The minimum atomic E-state index is -1.29. The number of isocyanates is 1. The third kappa shape index (κ3) is 2.49. The Bertz CT molecular complexity index is 467. The van der Waals surface area contributed by atoms with Gasteiger partial charge in [0.2, 0.25) is 6.08 Å². The predicted octanol–water partition coefficient (Wildman–Crippen LogP) is 1.65. The lowest BCUT2D eigenvalue weighted by atomic mass is 10.1. The lowest BCUT2D eigenvalue weighted by molar-refractivity contribution is -0.139. The van der Waals surface area contributed by atoms with Crippen LogP contribution < -0.4 is 0 Å². The molecule has 1 rings (SSSR count). The monoisotopic (exact) mass is 227 g/mol. The molecule has 0 aliphatic heterocycles. The summed E-state index contributed by atoms with van der Waals surface area (Å²) in [7, 11) is 1.14. The summed E-state index contributed by atoms with van der Waals surface area (Å²) in [5.41, 5.74) is -0.615. The zero-order valence-electron chi connectivity index (χ0n) is 8.29. The van der Waals surface area contributed by atoms with E-state index in [4.69, 9.17) is 0 Å². The molecule has 0 aliphatic rings. The van der Waals surface area contributed by atoms with Crippen LogP contribution in [0.4, 0.5) is 14.5 Å². The lowest BCUT2D eigenvalue weighted by Gasteiger charge is -2.03. The third-order valence-electron chi connectivity index (χ3n) is 1.87. The van der Waals surface area contributed by atoms with E-state index in [0.29, 0.717) is 0 Å². The van der Waals surface area contributed by atoms with E-state index >= 15 is 0 Å². The molecule has 4 nitrogen and oxygen atoms in total. The molecule has 0 spiro atoms. The van der Waals surface area contributed by atoms with E-state index in [1.807, 2.05) is 0 Å². The van der Waals surface area contributed by atoms with Crippen molar-refractivity contribution in [1.29, 1.82) is 0 Å². The Morgan fingerprint density at radius 1 is 1.44 bits per heavy atom. The summed E-state index contributed by atoms with van der Waals surface area (Å²) in [4.78, 5) is 23.7. The maximum Gasteiger partial charge on any atom is 0.310 e. The van der Waals surface area contributed by atoms with E-state index in [2.05, 4.69) is 9.73 Å². The Labute approximate surface area is 89.6 Å². The summed E-state index contributed by atoms with van der Waals surface area (Å²) in [6, 6.07) is 2.24.